The van der Waals surface area contributed by atoms with Gasteiger partial charge < -0.3 is 10.6 Å². The third kappa shape index (κ3) is 5.19. The number of carbonyl (C=O) groups excluding carboxylic acids is 1. The van der Waals surface area contributed by atoms with Crippen molar-refractivity contribution in [3.8, 4) is 0 Å². The van der Waals surface area contributed by atoms with Crippen molar-refractivity contribution in [2.75, 3.05) is 18.9 Å². The van der Waals surface area contributed by atoms with Crippen molar-refractivity contribution in [2.24, 2.45) is 5.41 Å². The van der Waals surface area contributed by atoms with Crippen molar-refractivity contribution >= 4 is 11.6 Å². The van der Waals surface area contributed by atoms with Gasteiger partial charge in [-0.3, -0.25) is 9.78 Å². The molecule has 0 fully saturated rings. The summed E-state index contributed by atoms with van der Waals surface area (Å²) < 4.78 is 0. The molecule has 2 N–H and O–H groups in total. The van der Waals surface area contributed by atoms with Gasteiger partial charge in [0.25, 0.3) is 5.91 Å². The Bertz CT molecular complexity index is 429. The molecule has 1 amide bonds. The van der Waals surface area contributed by atoms with Gasteiger partial charge in [-0.1, -0.05) is 40.0 Å². The van der Waals surface area contributed by atoms with E-state index < -0.39 is 0 Å². The fourth-order valence-electron chi connectivity index (χ4n) is 2.15. The van der Waals surface area contributed by atoms with E-state index in [1.807, 2.05) is 0 Å². The van der Waals surface area contributed by atoms with Gasteiger partial charge >= 0.3 is 0 Å². The molecular formula is C16H27N3O. The van der Waals surface area contributed by atoms with E-state index in [4.69, 9.17) is 0 Å². The fraction of sp³-hybridized carbons (Fsp3) is 0.625. The molecule has 0 aliphatic heterocycles. The molecule has 20 heavy (non-hydrogen) atoms. The summed E-state index contributed by atoms with van der Waals surface area (Å²) in [6.45, 7) is 7.31. The molecule has 0 aliphatic rings. The van der Waals surface area contributed by atoms with Gasteiger partial charge in [-0.25, -0.2) is 0 Å². The minimum absolute atomic E-state index is 0.0414. The van der Waals surface area contributed by atoms with Crippen molar-refractivity contribution in [2.45, 2.75) is 46.5 Å². The maximum Gasteiger partial charge on any atom is 0.253 e. The first-order chi connectivity index (χ1) is 9.50. The van der Waals surface area contributed by atoms with Crippen LogP contribution in [-0.2, 0) is 0 Å². The van der Waals surface area contributed by atoms with Gasteiger partial charge in [0.05, 0.1) is 17.4 Å². The highest BCUT2D eigenvalue weighted by Gasteiger charge is 2.19. The molecule has 4 heteroatoms. The Kier molecular flexibility index (Phi) is 6.49. The van der Waals surface area contributed by atoms with Crippen LogP contribution in [0.3, 0.4) is 0 Å². The second kappa shape index (κ2) is 7.88. The van der Waals surface area contributed by atoms with Gasteiger partial charge in [-0.2, -0.15) is 0 Å². The summed E-state index contributed by atoms with van der Waals surface area (Å²) in [7, 11) is 1.79. The number of nitrogens with one attached hydrogen (secondary N) is 2. The van der Waals surface area contributed by atoms with Gasteiger partial charge in [0.2, 0.25) is 0 Å². The summed E-state index contributed by atoms with van der Waals surface area (Å²) in [6.07, 6.45) is 8.15. The van der Waals surface area contributed by atoms with Gasteiger partial charge in [-0.05, 0) is 17.9 Å². The summed E-state index contributed by atoms with van der Waals surface area (Å²) in [5.41, 5.74) is 1.54. The van der Waals surface area contributed by atoms with E-state index in [1.54, 1.807) is 25.5 Å². The second-order valence-electron chi connectivity index (χ2n) is 5.98. The maximum absolute atomic E-state index is 12.2. The Hall–Kier alpha value is -1.58. The van der Waals surface area contributed by atoms with Crippen LogP contribution in [0.5, 0.6) is 0 Å². The number of unbranched alkanes of at least 4 members (excludes halogenated alkanes) is 2. The second-order valence-corrected chi connectivity index (χ2v) is 5.98. The number of amides is 1. The van der Waals surface area contributed by atoms with Gasteiger partial charge in [-0.15, -0.1) is 0 Å². The molecule has 0 unspecified atom stereocenters. The first-order valence-electron chi connectivity index (χ1n) is 7.40. The lowest BCUT2D eigenvalue weighted by Crippen LogP contribution is -2.34. The molecule has 1 rings (SSSR count). The summed E-state index contributed by atoms with van der Waals surface area (Å²) in [4.78, 5) is 16.2. The minimum atomic E-state index is -0.0414. The van der Waals surface area contributed by atoms with Crippen LogP contribution in [0.25, 0.3) is 0 Å². The van der Waals surface area contributed by atoms with Crippen LogP contribution in [0.2, 0.25) is 0 Å². The SMILES string of the molecule is CCCCCC(C)(C)CNC(=O)c1ccncc1NC. The van der Waals surface area contributed by atoms with Gasteiger partial charge in [0.1, 0.15) is 0 Å². The number of nitrogens with zero attached hydrogens (tertiary/aromatic N) is 1. The highest BCUT2D eigenvalue weighted by atomic mass is 16.1. The van der Waals surface area contributed by atoms with Crippen molar-refractivity contribution < 1.29 is 4.79 Å². The topological polar surface area (TPSA) is 54.0 Å². The smallest absolute Gasteiger partial charge is 0.253 e. The number of pyridine rings is 1. The molecule has 0 aliphatic carbocycles. The average molecular weight is 277 g/mol. The molecule has 1 aromatic heterocycles. The predicted molar refractivity (Wildman–Crippen MR) is 84.0 cm³/mol. The third-order valence-corrected chi connectivity index (χ3v) is 3.52. The number of carbonyl (C=O) groups is 1. The normalized spacial score (nSPS) is 11.2. The summed E-state index contributed by atoms with van der Waals surface area (Å²) in [5.74, 6) is -0.0414. The van der Waals surface area contributed by atoms with Crippen molar-refractivity contribution in [3.63, 3.8) is 0 Å². The lowest BCUT2D eigenvalue weighted by molar-refractivity contribution is 0.0934. The van der Waals surface area contributed by atoms with E-state index in [0.29, 0.717) is 12.1 Å². The summed E-state index contributed by atoms with van der Waals surface area (Å²) >= 11 is 0. The van der Waals surface area contributed by atoms with Crippen molar-refractivity contribution in [1.29, 1.82) is 0 Å². The van der Waals surface area contributed by atoms with E-state index >= 15 is 0 Å². The Balaban J connectivity index is 2.54. The molecule has 0 saturated heterocycles. The highest BCUT2D eigenvalue weighted by Crippen LogP contribution is 2.23. The lowest BCUT2D eigenvalue weighted by atomic mass is 9.87. The summed E-state index contributed by atoms with van der Waals surface area (Å²) in [6, 6.07) is 1.74. The third-order valence-electron chi connectivity index (χ3n) is 3.52. The zero-order valence-corrected chi connectivity index (χ0v) is 13.1. The molecule has 0 saturated carbocycles. The van der Waals surface area contributed by atoms with Crippen LogP contribution < -0.4 is 10.6 Å². The van der Waals surface area contributed by atoms with E-state index in [1.165, 1.54) is 19.3 Å². The molecule has 4 nitrogen and oxygen atoms in total. The standard InChI is InChI=1S/C16H27N3O/c1-5-6-7-9-16(2,3)12-19-15(20)13-8-10-18-11-14(13)17-4/h8,10-11,17H,5-7,9,12H2,1-4H3,(H,19,20). The van der Waals surface area contributed by atoms with Crippen LogP contribution in [-0.4, -0.2) is 24.5 Å². The number of hydrogen-bond donors (Lipinski definition) is 2. The molecular weight excluding hydrogens is 250 g/mol. The number of hydrogen-bond acceptors (Lipinski definition) is 3. The number of anilines is 1. The van der Waals surface area contributed by atoms with Crippen molar-refractivity contribution in [3.05, 3.63) is 24.0 Å². The lowest BCUT2D eigenvalue weighted by Gasteiger charge is -2.25. The molecule has 0 atom stereocenters. The number of aromatic nitrogens is 1. The van der Waals surface area contributed by atoms with E-state index in [0.717, 1.165) is 12.1 Å². The number of rotatable bonds is 8. The van der Waals surface area contributed by atoms with Crippen LogP contribution in [0.15, 0.2) is 18.5 Å². The van der Waals surface area contributed by atoms with Crippen LogP contribution in [0, 0.1) is 5.41 Å². The molecule has 0 radical (unpaired) electrons. The van der Waals surface area contributed by atoms with E-state index in [-0.39, 0.29) is 11.3 Å². The minimum Gasteiger partial charge on any atom is -0.386 e. The summed E-state index contributed by atoms with van der Waals surface area (Å²) in [5, 5.41) is 6.03. The van der Waals surface area contributed by atoms with E-state index in [2.05, 4.69) is 36.4 Å². The van der Waals surface area contributed by atoms with Crippen LogP contribution in [0.1, 0.15) is 56.8 Å². The van der Waals surface area contributed by atoms with Crippen molar-refractivity contribution in [1.82, 2.24) is 10.3 Å². The predicted octanol–water partition coefficient (Wildman–Crippen LogP) is 3.46. The Morgan fingerprint density at radius 2 is 2.10 bits per heavy atom. The highest BCUT2D eigenvalue weighted by molar-refractivity contribution is 5.99. The first-order valence-corrected chi connectivity index (χ1v) is 7.40. The maximum atomic E-state index is 12.2. The molecule has 0 bridgehead atoms. The zero-order chi connectivity index (χ0) is 15.0. The molecule has 112 valence electrons. The monoisotopic (exact) mass is 277 g/mol. The Morgan fingerprint density at radius 1 is 1.35 bits per heavy atom. The van der Waals surface area contributed by atoms with Crippen LogP contribution in [0.4, 0.5) is 5.69 Å². The zero-order valence-electron chi connectivity index (χ0n) is 13.1. The quantitative estimate of drug-likeness (QED) is 0.715. The van der Waals surface area contributed by atoms with Gasteiger partial charge in [0, 0.05) is 19.8 Å². The van der Waals surface area contributed by atoms with Crippen LogP contribution >= 0.6 is 0 Å². The molecule has 1 aromatic rings. The molecule has 0 spiro atoms. The van der Waals surface area contributed by atoms with Gasteiger partial charge in [0.15, 0.2) is 0 Å². The Labute approximate surface area is 122 Å². The molecule has 0 aromatic carbocycles. The average Bonchev–Trinajstić information content (AvgIpc) is 2.45. The molecule has 1 heterocycles. The first kappa shape index (κ1) is 16.5. The fourth-order valence-corrected chi connectivity index (χ4v) is 2.15. The van der Waals surface area contributed by atoms with E-state index in [9.17, 15) is 4.79 Å². The largest absolute Gasteiger partial charge is 0.386 e. The Morgan fingerprint density at radius 3 is 2.75 bits per heavy atom.